The minimum Gasteiger partial charge on any atom is -0.486 e. The van der Waals surface area contributed by atoms with Gasteiger partial charge >= 0.3 is 0 Å². The molecule has 1 N–H and O–H groups in total. The highest BCUT2D eigenvalue weighted by Gasteiger charge is 2.25. The van der Waals surface area contributed by atoms with Gasteiger partial charge in [-0.25, -0.2) is 0 Å². The van der Waals surface area contributed by atoms with E-state index in [9.17, 15) is 5.11 Å². The molecule has 2 heterocycles. The zero-order valence-electron chi connectivity index (χ0n) is 10.8. The standard InChI is InChI=1S/C14H18BrNO3/c15-12-7-14-13(18-4-5-19-14)6-10(12)8-16-3-1-2-11(16)9-17/h6-7,11,17H,1-5,8-9H2. The van der Waals surface area contributed by atoms with Gasteiger partial charge < -0.3 is 14.6 Å². The first kappa shape index (κ1) is 13.2. The van der Waals surface area contributed by atoms with Crippen LogP contribution in [0.2, 0.25) is 0 Å². The Hall–Kier alpha value is -0.780. The number of benzene rings is 1. The van der Waals surface area contributed by atoms with Gasteiger partial charge in [-0.3, -0.25) is 4.90 Å². The average molecular weight is 328 g/mol. The second kappa shape index (κ2) is 5.69. The van der Waals surface area contributed by atoms with Crippen LogP contribution < -0.4 is 9.47 Å². The topological polar surface area (TPSA) is 41.9 Å². The number of fused-ring (bicyclic) bond motifs is 1. The van der Waals surface area contributed by atoms with Crippen LogP contribution in [0.3, 0.4) is 0 Å². The van der Waals surface area contributed by atoms with Crippen molar-refractivity contribution >= 4 is 15.9 Å². The summed E-state index contributed by atoms with van der Waals surface area (Å²) in [6.45, 7) is 3.34. The highest BCUT2D eigenvalue weighted by Crippen LogP contribution is 2.36. The average Bonchev–Trinajstić information content (AvgIpc) is 2.87. The van der Waals surface area contributed by atoms with E-state index in [1.54, 1.807) is 0 Å². The normalized spacial score (nSPS) is 22.7. The summed E-state index contributed by atoms with van der Waals surface area (Å²) in [5.41, 5.74) is 1.18. The third kappa shape index (κ3) is 2.73. The Kier molecular flexibility index (Phi) is 3.96. The predicted molar refractivity (Wildman–Crippen MR) is 75.6 cm³/mol. The van der Waals surface area contributed by atoms with Crippen LogP contribution in [0, 0.1) is 0 Å². The first-order chi connectivity index (χ1) is 9.28. The van der Waals surface area contributed by atoms with Crippen molar-refractivity contribution in [3.63, 3.8) is 0 Å². The first-order valence-corrected chi connectivity index (χ1v) is 7.50. The Labute approximate surface area is 121 Å². The van der Waals surface area contributed by atoms with E-state index in [2.05, 4.69) is 20.8 Å². The molecular formula is C14H18BrNO3. The lowest BCUT2D eigenvalue weighted by molar-refractivity contribution is 0.152. The number of hydrogen-bond acceptors (Lipinski definition) is 4. The van der Waals surface area contributed by atoms with Crippen molar-refractivity contribution in [2.24, 2.45) is 0 Å². The smallest absolute Gasteiger partial charge is 0.162 e. The van der Waals surface area contributed by atoms with Crippen LogP contribution in [0.25, 0.3) is 0 Å². The molecule has 5 heteroatoms. The van der Waals surface area contributed by atoms with Crippen molar-refractivity contribution in [3.8, 4) is 11.5 Å². The maximum Gasteiger partial charge on any atom is 0.162 e. The largest absolute Gasteiger partial charge is 0.486 e. The molecule has 1 unspecified atom stereocenters. The number of nitrogens with zero attached hydrogens (tertiary/aromatic N) is 1. The Morgan fingerprint density at radius 1 is 1.26 bits per heavy atom. The van der Waals surface area contributed by atoms with E-state index in [1.165, 1.54) is 5.56 Å². The van der Waals surface area contributed by atoms with E-state index < -0.39 is 0 Å². The fourth-order valence-corrected chi connectivity index (χ4v) is 3.20. The highest BCUT2D eigenvalue weighted by molar-refractivity contribution is 9.10. The zero-order chi connectivity index (χ0) is 13.2. The minimum atomic E-state index is 0.238. The minimum absolute atomic E-state index is 0.238. The monoisotopic (exact) mass is 327 g/mol. The van der Waals surface area contributed by atoms with E-state index >= 15 is 0 Å². The van der Waals surface area contributed by atoms with E-state index in [0.29, 0.717) is 19.3 Å². The van der Waals surface area contributed by atoms with E-state index in [-0.39, 0.29) is 6.61 Å². The molecule has 1 atom stereocenters. The summed E-state index contributed by atoms with van der Waals surface area (Å²) in [6, 6.07) is 4.32. The Balaban J connectivity index is 1.80. The highest BCUT2D eigenvalue weighted by atomic mass is 79.9. The number of hydrogen-bond donors (Lipinski definition) is 1. The van der Waals surface area contributed by atoms with Gasteiger partial charge in [0.15, 0.2) is 11.5 Å². The SMILES string of the molecule is OCC1CCCN1Cc1cc2c(cc1Br)OCCO2. The number of rotatable bonds is 3. The fraction of sp³-hybridized carbons (Fsp3) is 0.571. The molecule has 1 saturated heterocycles. The summed E-state index contributed by atoms with van der Waals surface area (Å²) in [5.74, 6) is 1.63. The molecule has 1 aromatic rings. The molecule has 0 bridgehead atoms. The third-order valence-corrected chi connectivity index (χ3v) is 4.53. The molecule has 0 radical (unpaired) electrons. The van der Waals surface area contributed by atoms with Gasteiger partial charge in [0.2, 0.25) is 0 Å². The van der Waals surface area contributed by atoms with Gasteiger partial charge in [-0.1, -0.05) is 15.9 Å². The van der Waals surface area contributed by atoms with Gasteiger partial charge in [0.25, 0.3) is 0 Å². The van der Waals surface area contributed by atoms with Gasteiger partial charge in [0.05, 0.1) is 6.61 Å². The van der Waals surface area contributed by atoms with E-state index in [4.69, 9.17) is 9.47 Å². The third-order valence-electron chi connectivity index (χ3n) is 3.79. The molecule has 0 aliphatic carbocycles. The molecule has 0 saturated carbocycles. The molecule has 0 amide bonds. The maximum atomic E-state index is 9.38. The number of aliphatic hydroxyl groups is 1. The van der Waals surface area contributed by atoms with Crippen LogP contribution in [0.4, 0.5) is 0 Å². The lowest BCUT2D eigenvalue weighted by Gasteiger charge is -2.25. The second-order valence-electron chi connectivity index (χ2n) is 5.04. The lowest BCUT2D eigenvalue weighted by Crippen LogP contribution is -2.31. The van der Waals surface area contributed by atoms with Crippen LogP contribution in [0.1, 0.15) is 18.4 Å². The molecule has 0 spiro atoms. The van der Waals surface area contributed by atoms with Crippen molar-refractivity contribution in [3.05, 3.63) is 22.2 Å². The van der Waals surface area contributed by atoms with Gasteiger partial charge in [-0.2, -0.15) is 0 Å². The van der Waals surface area contributed by atoms with Gasteiger partial charge in [0, 0.05) is 17.1 Å². The summed E-state index contributed by atoms with van der Waals surface area (Å²) < 4.78 is 12.2. The van der Waals surface area contributed by atoms with Crippen molar-refractivity contribution in [2.75, 3.05) is 26.4 Å². The van der Waals surface area contributed by atoms with Crippen LogP contribution in [0.15, 0.2) is 16.6 Å². The van der Waals surface area contributed by atoms with Crippen molar-refractivity contribution in [1.82, 2.24) is 4.90 Å². The molecular weight excluding hydrogens is 310 g/mol. The van der Waals surface area contributed by atoms with E-state index in [0.717, 1.165) is 41.9 Å². The molecule has 3 rings (SSSR count). The molecule has 2 aliphatic heterocycles. The van der Waals surface area contributed by atoms with Crippen LogP contribution in [-0.2, 0) is 6.54 Å². The Morgan fingerprint density at radius 3 is 2.74 bits per heavy atom. The zero-order valence-corrected chi connectivity index (χ0v) is 12.4. The Morgan fingerprint density at radius 2 is 2.00 bits per heavy atom. The molecule has 1 aromatic carbocycles. The second-order valence-corrected chi connectivity index (χ2v) is 5.89. The van der Waals surface area contributed by atoms with Crippen molar-refractivity contribution in [2.45, 2.75) is 25.4 Å². The predicted octanol–water partition coefficient (Wildman–Crippen LogP) is 2.18. The number of halogens is 1. The van der Waals surface area contributed by atoms with E-state index in [1.807, 2.05) is 12.1 Å². The molecule has 104 valence electrons. The number of ether oxygens (including phenoxy) is 2. The lowest BCUT2D eigenvalue weighted by atomic mass is 10.1. The maximum absolute atomic E-state index is 9.38. The van der Waals surface area contributed by atoms with Crippen LogP contribution in [0.5, 0.6) is 11.5 Å². The van der Waals surface area contributed by atoms with Crippen LogP contribution in [-0.4, -0.2) is 42.4 Å². The molecule has 2 aliphatic rings. The van der Waals surface area contributed by atoms with Crippen molar-refractivity contribution in [1.29, 1.82) is 0 Å². The number of aliphatic hydroxyl groups excluding tert-OH is 1. The fourth-order valence-electron chi connectivity index (χ4n) is 2.76. The summed E-state index contributed by atoms with van der Waals surface area (Å²) in [5, 5.41) is 9.38. The summed E-state index contributed by atoms with van der Waals surface area (Å²) in [7, 11) is 0. The van der Waals surface area contributed by atoms with Gasteiger partial charge in [-0.15, -0.1) is 0 Å². The molecule has 4 nitrogen and oxygen atoms in total. The first-order valence-electron chi connectivity index (χ1n) is 6.71. The van der Waals surface area contributed by atoms with Gasteiger partial charge in [-0.05, 0) is 37.1 Å². The molecule has 1 fully saturated rings. The van der Waals surface area contributed by atoms with Crippen LogP contribution >= 0.6 is 15.9 Å². The summed E-state index contributed by atoms with van der Waals surface area (Å²) in [4.78, 5) is 2.33. The molecule has 0 aromatic heterocycles. The molecule has 19 heavy (non-hydrogen) atoms. The summed E-state index contributed by atoms with van der Waals surface area (Å²) in [6.07, 6.45) is 2.24. The number of likely N-dealkylation sites (tertiary alicyclic amines) is 1. The van der Waals surface area contributed by atoms with Gasteiger partial charge in [0.1, 0.15) is 13.2 Å². The quantitative estimate of drug-likeness (QED) is 0.924. The van der Waals surface area contributed by atoms with Crippen molar-refractivity contribution < 1.29 is 14.6 Å². The summed E-state index contributed by atoms with van der Waals surface area (Å²) >= 11 is 3.60. The Bertz CT molecular complexity index is 466.